The molecule has 1 aliphatic carbocycles. The Labute approximate surface area is 145 Å². The van der Waals surface area contributed by atoms with Crippen LogP contribution in [-0.4, -0.2) is 30.6 Å². The van der Waals surface area contributed by atoms with Gasteiger partial charge in [0.05, 0.1) is 17.5 Å². The van der Waals surface area contributed by atoms with Gasteiger partial charge < -0.3 is 5.32 Å². The lowest BCUT2D eigenvalue weighted by Crippen LogP contribution is -2.16. The Kier molecular flexibility index (Phi) is 3.71. The molecule has 0 spiro atoms. The van der Waals surface area contributed by atoms with Gasteiger partial charge in [-0.25, -0.2) is 19.6 Å². The number of nitrogens with zero attached hydrogens (tertiary/aromatic N) is 5. The van der Waals surface area contributed by atoms with E-state index in [0.29, 0.717) is 28.8 Å². The van der Waals surface area contributed by atoms with Crippen molar-refractivity contribution in [3.63, 3.8) is 0 Å². The van der Waals surface area contributed by atoms with E-state index in [-0.39, 0.29) is 5.91 Å². The first-order chi connectivity index (χ1) is 12.0. The molecule has 0 aliphatic heterocycles. The summed E-state index contributed by atoms with van der Waals surface area (Å²) in [6.07, 6.45) is 4.05. The predicted molar refractivity (Wildman–Crippen MR) is 94.6 cm³/mol. The number of aryl methyl sites for hydroxylation is 3. The van der Waals surface area contributed by atoms with E-state index in [1.165, 1.54) is 0 Å². The Morgan fingerprint density at radius 2 is 2.04 bits per heavy atom. The van der Waals surface area contributed by atoms with E-state index < -0.39 is 0 Å². The molecule has 1 N–H and O–H groups in total. The first-order valence-electron chi connectivity index (χ1n) is 8.55. The number of anilines is 1. The largest absolute Gasteiger partial charge is 0.306 e. The second-order valence-corrected chi connectivity index (χ2v) is 6.45. The van der Waals surface area contributed by atoms with Crippen LogP contribution in [0.4, 0.5) is 5.82 Å². The molecule has 0 atom stereocenters. The van der Waals surface area contributed by atoms with Crippen LogP contribution in [0, 0.1) is 13.8 Å². The number of aromatic nitrogens is 5. The maximum Gasteiger partial charge on any atom is 0.258 e. The molecule has 3 heterocycles. The molecular formula is C18H20N6O. The summed E-state index contributed by atoms with van der Waals surface area (Å²) in [5, 5.41) is 8.04. The second-order valence-electron chi connectivity index (χ2n) is 6.45. The van der Waals surface area contributed by atoms with Gasteiger partial charge in [0.2, 0.25) is 0 Å². The van der Waals surface area contributed by atoms with Crippen LogP contribution >= 0.6 is 0 Å². The lowest BCUT2D eigenvalue weighted by atomic mass is 10.1. The molecule has 4 rings (SSSR count). The fourth-order valence-corrected chi connectivity index (χ4v) is 2.98. The van der Waals surface area contributed by atoms with Crippen LogP contribution in [0.3, 0.4) is 0 Å². The summed E-state index contributed by atoms with van der Waals surface area (Å²) in [5.74, 6) is 1.52. The van der Waals surface area contributed by atoms with Crippen molar-refractivity contribution in [1.82, 2.24) is 24.7 Å². The third-order valence-electron chi connectivity index (χ3n) is 4.44. The molecule has 1 amide bonds. The molecule has 0 bridgehead atoms. The Bertz CT molecular complexity index is 973. The van der Waals surface area contributed by atoms with Gasteiger partial charge in [-0.05, 0) is 39.7 Å². The average Bonchev–Trinajstić information content (AvgIpc) is 3.35. The first-order valence-corrected chi connectivity index (χ1v) is 8.55. The zero-order valence-electron chi connectivity index (χ0n) is 14.6. The third kappa shape index (κ3) is 2.97. The summed E-state index contributed by atoms with van der Waals surface area (Å²) in [5.41, 5.74) is 3.02. The molecule has 0 saturated heterocycles. The number of pyridine rings is 1. The van der Waals surface area contributed by atoms with Gasteiger partial charge in [0, 0.05) is 29.6 Å². The Morgan fingerprint density at radius 3 is 2.76 bits per heavy atom. The molecule has 0 unspecified atom stereocenters. The standard InChI is InChI=1S/C18H20N6O/c1-4-24-17-13(9-19-24)7-14(10(2)20-17)18(25)23-16-8-15(12-5-6-12)21-11(3)22-16/h7-9,12H,4-6H2,1-3H3,(H,21,22,23,25). The second kappa shape index (κ2) is 5.91. The van der Waals surface area contributed by atoms with Gasteiger partial charge in [0.15, 0.2) is 5.65 Å². The maximum atomic E-state index is 12.7. The summed E-state index contributed by atoms with van der Waals surface area (Å²) in [6, 6.07) is 3.71. The van der Waals surface area contributed by atoms with E-state index in [9.17, 15) is 4.79 Å². The number of carbonyl (C=O) groups is 1. The lowest BCUT2D eigenvalue weighted by molar-refractivity contribution is 0.102. The van der Waals surface area contributed by atoms with Crippen LogP contribution in [-0.2, 0) is 6.54 Å². The van der Waals surface area contributed by atoms with Crippen molar-refractivity contribution in [1.29, 1.82) is 0 Å². The van der Waals surface area contributed by atoms with Crippen molar-refractivity contribution in [3.8, 4) is 0 Å². The highest BCUT2D eigenvalue weighted by Gasteiger charge is 2.26. The molecule has 0 radical (unpaired) electrons. The molecule has 1 aliphatic rings. The van der Waals surface area contributed by atoms with E-state index in [1.54, 1.807) is 6.20 Å². The molecular weight excluding hydrogens is 316 g/mol. The highest BCUT2D eigenvalue weighted by atomic mass is 16.1. The molecule has 0 aromatic carbocycles. The van der Waals surface area contributed by atoms with E-state index in [0.717, 1.165) is 36.1 Å². The van der Waals surface area contributed by atoms with Crippen LogP contribution in [0.15, 0.2) is 18.3 Å². The lowest BCUT2D eigenvalue weighted by Gasteiger charge is -2.09. The SMILES string of the molecule is CCn1ncc2cc(C(=O)Nc3cc(C4CC4)nc(C)n3)c(C)nc21. The summed E-state index contributed by atoms with van der Waals surface area (Å²) in [4.78, 5) is 26.1. The predicted octanol–water partition coefficient (Wildman–Crippen LogP) is 2.99. The van der Waals surface area contributed by atoms with Crippen molar-refractivity contribution in [2.45, 2.75) is 46.1 Å². The van der Waals surface area contributed by atoms with Crippen molar-refractivity contribution >= 4 is 22.8 Å². The topological polar surface area (TPSA) is 85.6 Å². The average molecular weight is 336 g/mol. The summed E-state index contributed by atoms with van der Waals surface area (Å²) < 4.78 is 1.82. The molecule has 7 heteroatoms. The summed E-state index contributed by atoms with van der Waals surface area (Å²) in [6.45, 7) is 6.44. The van der Waals surface area contributed by atoms with Gasteiger partial charge in [-0.2, -0.15) is 5.10 Å². The quantitative estimate of drug-likeness (QED) is 0.791. The van der Waals surface area contributed by atoms with E-state index in [4.69, 9.17) is 0 Å². The fraction of sp³-hybridized carbons (Fsp3) is 0.389. The Hall–Kier alpha value is -2.83. The number of carbonyl (C=O) groups excluding carboxylic acids is 1. The first kappa shape index (κ1) is 15.7. The highest BCUT2D eigenvalue weighted by molar-refractivity contribution is 6.06. The van der Waals surface area contributed by atoms with Gasteiger partial charge in [0.1, 0.15) is 11.6 Å². The van der Waals surface area contributed by atoms with Gasteiger partial charge in [0.25, 0.3) is 5.91 Å². The van der Waals surface area contributed by atoms with E-state index in [2.05, 4.69) is 25.4 Å². The number of fused-ring (bicyclic) bond motifs is 1. The van der Waals surface area contributed by atoms with Crippen LogP contribution < -0.4 is 5.32 Å². The smallest absolute Gasteiger partial charge is 0.258 e. The highest BCUT2D eigenvalue weighted by Crippen LogP contribution is 2.39. The number of hydrogen-bond donors (Lipinski definition) is 1. The number of hydrogen-bond acceptors (Lipinski definition) is 5. The van der Waals surface area contributed by atoms with Crippen LogP contribution in [0.25, 0.3) is 11.0 Å². The molecule has 1 saturated carbocycles. The zero-order chi connectivity index (χ0) is 17.6. The fourth-order valence-electron chi connectivity index (χ4n) is 2.98. The number of amides is 1. The van der Waals surface area contributed by atoms with Crippen LogP contribution in [0.2, 0.25) is 0 Å². The summed E-state index contributed by atoms with van der Waals surface area (Å²) in [7, 11) is 0. The molecule has 3 aromatic rings. The van der Waals surface area contributed by atoms with Gasteiger partial charge in [-0.3, -0.25) is 4.79 Å². The van der Waals surface area contributed by atoms with Crippen LogP contribution in [0.5, 0.6) is 0 Å². The van der Waals surface area contributed by atoms with Crippen molar-refractivity contribution in [2.75, 3.05) is 5.32 Å². The molecule has 1 fully saturated rings. The van der Waals surface area contributed by atoms with Crippen molar-refractivity contribution in [2.24, 2.45) is 0 Å². The zero-order valence-corrected chi connectivity index (χ0v) is 14.6. The molecule has 25 heavy (non-hydrogen) atoms. The van der Waals surface area contributed by atoms with E-state index in [1.807, 2.05) is 37.6 Å². The van der Waals surface area contributed by atoms with Gasteiger partial charge in [-0.15, -0.1) is 0 Å². The molecule has 128 valence electrons. The Morgan fingerprint density at radius 1 is 1.24 bits per heavy atom. The third-order valence-corrected chi connectivity index (χ3v) is 4.44. The molecule has 3 aromatic heterocycles. The van der Waals surface area contributed by atoms with E-state index >= 15 is 0 Å². The maximum absolute atomic E-state index is 12.7. The molecule has 7 nitrogen and oxygen atoms in total. The van der Waals surface area contributed by atoms with Crippen molar-refractivity contribution in [3.05, 3.63) is 41.1 Å². The number of nitrogens with one attached hydrogen (secondary N) is 1. The van der Waals surface area contributed by atoms with Gasteiger partial charge >= 0.3 is 0 Å². The number of rotatable bonds is 4. The monoisotopic (exact) mass is 336 g/mol. The Balaban J connectivity index is 1.65. The minimum absolute atomic E-state index is 0.212. The normalized spacial score (nSPS) is 14.0. The minimum Gasteiger partial charge on any atom is -0.306 e. The minimum atomic E-state index is -0.212. The van der Waals surface area contributed by atoms with Crippen LogP contribution in [0.1, 0.15) is 53.3 Å². The van der Waals surface area contributed by atoms with Crippen molar-refractivity contribution < 1.29 is 4.79 Å². The van der Waals surface area contributed by atoms with Gasteiger partial charge in [-0.1, -0.05) is 0 Å². The summed E-state index contributed by atoms with van der Waals surface area (Å²) >= 11 is 0.